The Morgan fingerprint density at radius 3 is 2.16 bits per heavy atom. The van der Waals surface area contributed by atoms with Crippen molar-refractivity contribution in [2.24, 2.45) is 22.2 Å². The summed E-state index contributed by atoms with van der Waals surface area (Å²) in [7, 11) is 0. The minimum Gasteiger partial charge on any atom is -0.691 e. The second-order valence-electron chi connectivity index (χ2n) is 8.14. The number of alkyl halides is 2. The first-order chi connectivity index (χ1) is 11.7. The predicted molar refractivity (Wildman–Crippen MR) is 78.3 cm³/mol. The number of halogens is 2. The van der Waals surface area contributed by atoms with E-state index in [1.807, 2.05) is 0 Å². The number of carbonyl (C=O) groups excluding carboxylic acids is 1. The van der Waals surface area contributed by atoms with Crippen LogP contribution >= 0.6 is 12.0 Å². The molecule has 0 aliphatic heterocycles. The monoisotopic (exact) mass is 383 g/mol. The third-order valence-corrected chi connectivity index (χ3v) is 6.50. The lowest BCUT2D eigenvalue weighted by molar-refractivity contribution is -0.777. The van der Waals surface area contributed by atoms with Crippen LogP contribution in [0, 0.1) is 22.2 Å². The van der Waals surface area contributed by atoms with Gasteiger partial charge in [-0.3, -0.25) is 5.04 Å². The molecule has 2 unspecified atom stereocenters. The van der Waals surface area contributed by atoms with Gasteiger partial charge in [-0.25, -0.2) is 4.79 Å². The van der Waals surface area contributed by atoms with Gasteiger partial charge in [-0.05, 0) is 55.3 Å². The maximum atomic E-state index is 13.5. The van der Waals surface area contributed by atoms with E-state index in [9.17, 15) is 29.0 Å². The molecule has 0 amide bonds. The Hall–Kier alpha value is -0.520. The molecular formula is C15H21F2O7S-. The van der Waals surface area contributed by atoms with Crippen molar-refractivity contribution in [3.63, 3.8) is 0 Å². The molecule has 0 saturated heterocycles. The molecule has 0 aromatic carbocycles. The molecule has 10 heteroatoms. The van der Waals surface area contributed by atoms with E-state index >= 15 is 0 Å². The maximum absolute atomic E-state index is 13.5. The van der Waals surface area contributed by atoms with E-state index in [2.05, 4.69) is 9.37 Å². The van der Waals surface area contributed by atoms with Crippen molar-refractivity contribution in [3.05, 3.63) is 0 Å². The van der Waals surface area contributed by atoms with Crippen LogP contribution < -0.4 is 5.26 Å². The summed E-state index contributed by atoms with van der Waals surface area (Å²) in [4.78, 5) is 11.6. The van der Waals surface area contributed by atoms with Gasteiger partial charge in [0.1, 0.15) is 12.0 Å². The predicted octanol–water partition coefficient (Wildman–Crippen LogP) is 0.935. The number of ether oxygens (including phenoxy) is 1. The van der Waals surface area contributed by atoms with Gasteiger partial charge in [0.25, 0.3) is 0 Å². The Balaban J connectivity index is 1.71. The molecule has 2 N–H and O–H groups in total. The minimum atomic E-state index is -4.06. The Labute approximate surface area is 147 Å². The fourth-order valence-electron chi connectivity index (χ4n) is 5.97. The third-order valence-electron chi connectivity index (χ3n) is 6.00. The zero-order valence-electron chi connectivity index (χ0n) is 13.5. The van der Waals surface area contributed by atoms with Crippen LogP contribution in [-0.4, -0.2) is 41.3 Å². The van der Waals surface area contributed by atoms with Gasteiger partial charge >= 0.3 is 11.2 Å². The molecule has 0 aromatic rings. The molecule has 144 valence electrons. The molecule has 4 rings (SSSR count). The summed E-state index contributed by atoms with van der Waals surface area (Å²) in [6, 6.07) is 0. The highest BCUT2D eigenvalue weighted by atomic mass is 32.2. The highest BCUT2D eigenvalue weighted by molar-refractivity contribution is 7.96. The average molecular weight is 383 g/mol. The van der Waals surface area contributed by atoms with E-state index in [1.165, 1.54) is 0 Å². The summed E-state index contributed by atoms with van der Waals surface area (Å²) < 4.78 is 35.4. The van der Waals surface area contributed by atoms with Crippen molar-refractivity contribution in [1.29, 1.82) is 0 Å². The van der Waals surface area contributed by atoms with Gasteiger partial charge in [0.15, 0.2) is 0 Å². The zero-order chi connectivity index (χ0) is 18.3. The Kier molecular flexibility index (Phi) is 5.06. The first-order valence-electron chi connectivity index (χ1n) is 8.13. The fourth-order valence-corrected chi connectivity index (χ4v) is 6.21. The zero-order valence-corrected chi connectivity index (χ0v) is 14.4. The molecule has 0 aromatic heterocycles. The van der Waals surface area contributed by atoms with Crippen LogP contribution in [0.15, 0.2) is 0 Å². The fraction of sp³-hybridized carbons (Fsp3) is 0.933. The van der Waals surface area contributed by atoms with Crippen molar-refractivity contribution >= 4 is 18.0 Å². The van der Waals surface area contributed by atoms with Crippen LogP contribution in [-0.2, 0) is 18.9 Å². The van der Waals surface area contributed by atoms with Crippen LogP contribution in [0.2, 0.25) is 0 Å². The lowest BCUT2D eigenvalue weighted by Gasteiger charge is -2.65. The highest BCUT2D eigenvalue weighted by Gasteiger charge is 2.63. The number of hydrogen-bond acceptors (Lipinski definition) is 8. The number of aliphatic hydroxyl groups is 2. The largest absolute Gasteiger partial charge is 0.691 e. The standard InChI is InChI=1S/C15H22F2O7S/c16-15(17,25-24-23-21)11(20)22-9-14-3-10-1-12(5-14,7-18)4-13(2-10,6-14)8-19/h10,18-19,21H,1-9H2/p-1. The lowest BCUT2D eigenvalue weighted by Crippen LogP contribution is -2.60. The van der Waals surface area contributed by atoms with E-state index in [0.29, 0.717) is 19.3 Å². The van der Waals surface area contributed by atoms with Crippen LogP contribution in [0.4, 0.5) is 8.78 Å². The van der Waals surface area contributed by atoms with E-state index in [4.69, 9.17) is 4.74 Å². The molecule has 0 spiro atoms. The van der Waals surface area contributed by atoms with Gasteiger partial charge in [0.2, 0.25) is 0 Å². The Morgan fingerprint density at radius 1 is 1.12 bits per heavy atom. The summed E-state index contributed by atoms with van der Waals surface area (Å²) in [5.74, 6) is -1.53. The van der Waals surface area contributed by atoms with Crippen molar-refractivity contribution in [1.82, 2.24) is 0 Å². The molecule has 4 aliphatic rings. The van der Waals surface area contributed by atoms with Crippen LogP contribution in [0.5, 0.6) is 0 Å². The molecule has 25 heavy (non-hydrogen) atoms. The summed E-state index contributed by atoms with van der Waals surface area (Å²) in [5, 5.41) is 28.2. The van der Waals surface area contributed by atoms with Gasteiger partial charge in [-0.1, -0.05) is 0 Å². The molecular weight excluding hydrogens is 362 g/mol. The summed E-state index contributed by atoms with van der Waals surface area (Å²) >= 11 is -0.711. The highest BCUT2D eigenvalue weighted by Crippen LogP contribution is 2.69. The number of carbonyl (C=O) groups is 1. The number of hydrogen-bond donors (Lipinski definition) is 2. The first-order valence-corrected chi connectivity index (χ1v) is 8.87. The SMILES string of the molecule is O=C(OCC12CC3CC(CO)(CC(CO)(C3)C1)C2)C(F)(F)SOO[O-]. The third kappa shape index (κ3) is 3.52. The minimum absolute atomic E-state index is 0.0262. The van der Waals surface area contributed by atoms with Gasteiger partial charge in [-0.15, -0.1) is 0 Å². The van der Waals surface area contributed by atoms with E-state index < -0.39 is 28.7 Å². The van der Waals surface area contributed by atoms with Crippen molar-refractivity contribution in [2.75, 3.05) is 19.8 Å². The molecule has 4 bridgehead atoms. The van der Waals surface area contributed by atoms with Crippen LogP contribution in [0.25, 0.3) is 0 Å². The van der Waals surface area contributed by atoms with Gasteiger partial charge in [0, 0.05) is 18.6 Å². The smallest absolute Gasteiger partial charge is 0.415 e. The van der Waals surface area contributed by atoms with Crippen molar-refractivity contribution in [3.8, 4) is 0 Å². The maximum Gasteiger partial charge on any atom is 0.415 e. The van der Waals surface area contributed by atoms with Crippen molar-refractivity contribution in [2.45, 2.75) is 43.8 Å². The Morgan fingerprint density at radius 2 is 1.64 bits per heavy atom. The second-order valence-corrected chi connectivity index (χ2v) is 8.95. The lowest BCUT2D eigenvalue weighted by atomic mass is 9.40. The molecule has 4 saturated carbocycles. The summed E-state index contributed by atoms with van der Waals surface area (Å²) in [5.41, 5.74) is -1.20. The molecule has 0 heterocycles. The molecule has 0 radical (unpaired) electrons. The Bertz CT molecular complexity index is 512. The summed E-state index contributed by atoms with van der Waals surface area (Å²) in [6.07, 6.45) is 4.30. The van der Waals surface area contributed by atoms with Gasteiger partial charge < -0.3 is 20.2 Å². The normalized spacial score (nSPS) is 39.6. The molecule has 4 aliphatic carbocycles. The van der Waals surface area contributed by atoms with Crippen LogP contribution in [0.1, 0.15) is 38.5 Å². The number of aliphatic hydroxyl groups excluding tert-OH is 2. The quantitative estimate of drug-likeness (QED) is 0.276. The van der Waals surface area contributed by atoms with E-state index in [0.717, 1.165) is 19.3 Å². The van der Waals surface area contributed by atoms with Gasteiger partial charge in [0.05, 0.1) is 6.61 Å². The first kappa shape index (κ1) is 19.2. The number of rotatable bonds is 8. The second kappa shape index (κ2) is 6.58. The molecule has 7 nitrogen and oxygen atoms in total. The topological polar surface area (TPSA) is 108 Å². The molecule has 2 atom stereocenters. The average Bonchev–Trinajstić information content (AvgIpc) is 2.57. The van der Waals surface area contributed by atoms with E-state index in [1.54, 1.807) is 0 Å². The molecule has 4 fully saturated rings. The van der Waals surface area contributed by atoms with Crippen molar-refractivity contribution < 1.29 is 43.2 Å². The van der Waals surface area contributed by atoms with E-state index in [-0.39, 0.29) is 36.6 Å². The number of esters is 1. The summed E-state index contributed by atoms with van der Waals surface area (Å²) in [6.45, 7) is -0.260. The van der Waals surface area contributed by atoms with Gasteiger partial charge in [-0.2, -0.15) is 13.1 Å². The van der Waals surface area contributed by atoms with Crippen LogP contribution in [0.3, 0.4) is 0 Å².